The van der Waals surface area contributed by atoms with Gasteiger partial charge in [-0.15, -0.1) is 0 Å². The van der Waals surface area contributed by atoms with Gasteiger partial charge in [0.1, 0.15) is 11.3 Å². The molecule has 0 atom stereocenters. The van der Waals surface area contributed by atoms with Crippen LogP contribution in [-0.2, 0) is 14.3 Å². The van der Waals surface area contributed by atoms with Crippen molar-refractivity contribution in [2.75, 3.05) is 20.8 Å². The lowest BCUT2D eigenvalue weighted by Crippen LogP contribution is -2.15. The van der Waals surface area contributed by atoms with E-state index in [0.29, 0.717) is 11.3 Å². The number of hydrogen-bond donors (Lipinski definition) is 0. The van der Waals surface area contributed by atoms with Crippen LogP contribution in [0.15, 0.2) is 42.5 Å². The van der Waals surface area contributed by atoms with Crippen molar-refractivity contribution in [3.05, 3.63) is 58.7 Å². The fourth-order valence-corrected chi connectivity index (χ4v) is 3.42. The number of hydrogen-bond acceptors (Lipinski definition) is 8. The largest absolute Gasteiger partial charge is 0.490 e. The molecule has 0 fully saturated rings. The highest BCUT2D eigenvalue weighted by molar-refractivity contribution is 6.32. The monoisotopic (exact) mass is 472 g/mol. The van der Waals surface area contributed by atoms with Crippen LogP contribution in [0.4, 0.5) is 0 Å². The number of rotatable bonds is 7. The zero-order chi connectivity index (χ0) is 24.1. The van der Waals surface area contributed by atoms with Crippen molar-refractivity contribution >= 4 is 29.5 Å². The van der Waals surface area contributed by atoms with Crippen molar-refractivity contribution in [2.45, 2.75) is 13.8 Å². The molecule has 0 aliphatic rings. The highest BCUT2D eigenvalue weighted by Gasteiger charge is 2.32. The van der Waals surface area contributed by atoms with E-state index in [1.54, 1.807) is 37.3 Å². The molecule has 3 aromatic rings. The molecule has 0 saturated heterocycles. The Hall–Kier alpha value is -3.85. The highest BCUT2D eigenvalue weighted by Crippen LogP contribution is 2.41. The molecule has 3 rings (SSSR count). The number of methoxy groups -OCH3 is 2. The number of benzene rings is 2. The van der Waals surface area contributed by atoms with E-state index in [1.165, 1.54) is 38.0 Å². The maximum absolute atomic E-state index is 12.8. The number of ether oxygens (including phenoxy) is 4. The zero-order valence-corrected chi connectivity index (χ0v) is 19.1. The molecule has 2 aromatic carbocycles. The Balaban J connectivity index is 2.35. The summed E-state index contributed by atoms with van der Waals surface area (Å²) in [4.78, 5) is 37.0. The fourth-order valence-electron chi connectivity index (χ4n) is 3.17. The van der Waals surface area contributed by atoms with Gasteiger partial charge in [0.2, 0.25) is 0 Å². The van der Waals surface area contributed by atoms with E-state index in [1.807, 2.05) is 0 Å². The van der Waals surface area contributed by atoms with Gasteiger partial charge < -0.3 is 18.9 Å². The van der Waals surface area contributed by atoms with Crippen molar-refractivity contribution < 1.29 is 33.3 Å². The van der Waals surface area contributed by atoms with Crippen LogP contribution < -0.4 is 9.47 Å². The molecular formula is C23H21ClN2O7. The number of nitrogens with zero attached hydrogens (tertiary/aromatic N) is 2. The molecule has 0 radical (unpaired) electrons. The highest BCUT2D eigenvalue weighted by atomic mass is 35.5. The first-order chi connectivity index (χ1) is 15.8. The second-order valence-electron chi connectivity index (χ2n) is 6.61. The van der Waals surface area contributed by atoms with Gasteiger partial charge in [-0.2, -0.15) is 5.10 Å². The van der Waals surface area contributed by atoms with E-state index in [0.717, 1.165) is 0 Å². The molecule has 33 heavy (non-hydrogen) atoms. The third-order valence-electron chi connectivity index (χ3n) is 4.48. The van der Waals surface area contributed by atoms with E-state index in [4.69, 9.17) is 30.5 Å². The SMILES string of the molecule is CCOc1cc(-c2nn(-c3ccccc3)c(C(=O)OC)c2C(=O)OC)cc(Cl)c1OC(C)=O. The average Bonchev–Trinajstić information content (AvgIpc) is 3.21. The normalized spacial score (nSPS) is 10.5. The minimum atomic E-state index is -0.800. The molecule has 1 heterocycles. The molecule has 0 amide bonds. The summed E-state index contributed by atoms with van der Waals surface area (Å²) >= 11 is 6.38. The molecule has 9 nitrogen and oxygen atoms in total. The Bertz CT molecular complexity index is 1210. The predicted molar refractivity (Wildman–Crippen MR) is 119 cm³/mol. The summed E-state index contributed by atoms with van der Waals surface area (Å²) in [7, 11) is 2.39. The summed E-state index contributed by atoms with van der Waals surface area (Å²) in [6.45, 7) is 3.24. The van der Waals surface area contributed by atoms with Gasteiger partial charge in [0.05, 0.1) is 31.5 Å². The standard InChI is InChI=1S/C23H21ClN2O7/c1-5-32-17-12-14(11-16(24)21(17)33-13(2)27)19-18(22(28)30-3)20(23(29)31-4)26(25-19)15-9-7-6-8-10-15/h6-12H,5H2,1-4H3. The lowest BCUT2D eigenvalue weighted by molar-refractivity contribution is -0.132. The first-order valence-electron chi connectivity index (χ1n) is 9.82. The fraction of sp³-hybridized carbons (Fsp3) is 0.217. The summed E-state index contributed by atoms with van der Waals surface area (Å²) in [6, 6.07) is 11.7. The number of halogens is 1. The van der Waals surface area contributed by atoms with Crippen LogP contribution in [0.1, 0.15) is 34.7 Å². The lowest BCUT2D eigenvalue weighted by Gasteiger charge is -2.13. The number of para-hydroxylation sites is 1. The summed E-state index contributed by atoms with van der Waals surface area (Å²) in [5.74, 6) is -1.97. The van der Waals surface area contributed by atoms with Crippen LogP contribution in [0.5, 0.6) is 11.5 Å². The first-order valence-corrected chi connectivity index (χ1v) is 10.2. The van der Waals surface area contributed by atoms with Gasteiger partial charge in [0.25, 0.3) is 0 Å². The second kappa shape index (κ2) is 10.2. The number of carbonyl (C=O) groups excluding carboxylic acids is 3. The molecule has 0 spiro atoms. The van der Waals surface area contributed by atoms with Gasteiger partial charge in [-0.3, -0.25) is 4.79 Å². The van der Waals surface area contributed by atoms with Crippen molar-refractivity contribution in [1.82, 2.24) is 9.78 Å². The Morgan fingerprint density at radius 2 is 1.70 bits per heavy atom. The van der Waals surface area contributed by atoms with Crippen molar-refractivity contribution in [3.63, 3.8) is 0 Å². The van der Waals surface area contributed by atoms with E-state index in [-0.39, 0.29) is 40.1 Å². The molecule has 0 aliphatic heterocycles. The Labute approximate surface area is 194 Å². The van der Waals surface area contributed by atoms with E-state index >= 15 is 0 Å². The van der Waals surface area contributed by atoms with E-state index in [9.17, 15) is 14.4 Å². The molecule has 0 saturated carbocycles. The first kappa shape index (κ1) is 23.8. The van der Waals surface area contributed by atoms with Crippen molar-refractivity contribution in [1.29, 1.82) is 0 Å². The van der Waals surface area contributed by atoms with Gasteiger partial charge in [0, 0.05) is 12.5 Å². The number of carbonyl (C=O) groups is 3. The second-order valence-corrected chi connectivity index (χ2v) is 7.02. The van der Waals surface area contributed by atoms with Gasteiger partial charge in [-0.1, -0.05) is 29.8 Å². The third-order valence-corrected chi connectivity index (χ3v) is 4.76. The van der Waals surface area contributed by atoms with Crippen molar-refractivity contribution in [2.24, 2.45) is 0 Å². The minimum absolute atomic E-state index is 0.0325. The number of esters is 3. The van der Waals surface area contributed by atoms with Crippen LogP contribution >= 0.6 is 11.6 Å². The summed E-state index contributed by atoms with van der Waals surface area (Å²) in [5.41, 5.74) is 0.709. The Morgan fingerprint density at radius 3 is 2.27 bits per heavy atom. The van der Waals surface area contributed by atoms with Gasteiger partial charge in [-0.25, -0.2) is 14.3 Å². The van der Waals surface area contributed by atoms with E-state index < -0.39 is 17.9 Å². The zero-order valence-electron chi connectivity index (χ0n) is 18.4. The molecule has 0 aliphatic carbocycles. The van der Waals surface area contributed by atoms with E-state index in [2.05, 4.69) is 5.10 Å². The average molecular weight is 473 g/mol. The molecule has 0 bridgehead atoms. The molecule has 172 valence electrons. The maximum atomic E-state index is 12.8. The lowest BCUT2D eigenvalue weighted by atomic mass is 10.0. The van der Waals surface area contributed by atoms with Gasteiger partial charge in [-0.05, 0) is 31.2 Å². The maximum Gasteiger partial charge on any atom is 0.357 e. The minimum Gasteiger partial charge on any atom is -0.490 e. The van der Waals surface area contributed by atoms with Crippen LogP contribution in [0.25, 0.3) is 16.9 Å². The third kappa shape index (κ3) is 4.83. The molecule has 1 aromatic heterocycles. The van der Waals surface area contributed by atoms with Crippen LogP contribution in [-0.4, -0.2) is 48.5 Å². The van der Waals surface area contributed by atoms with Gasteiger partial charge in [0.15, 0.2) is 17.2 Å². The number of aromatic nitrogens is 2. The molecule has 0 unspecified atom stereocenters. The summed E-state index contributed by atoms with van der Waals surface area (Å²) in [5, 5.41) is 4.57. The van der Waals surface area contributed by atoms with Crippen LogP contribution in [0, 0.1) is 0 Å². The molecule has 10 heteroatoms. The van der Waals surface area contributed by atoms with Gasteiger partial charge >= 0.3 is 17.9 Å². The smallest absolute Gasteiger partial charge is 0.357 e. The predicted octanol–water partition coefficient (Wildman–Crippen LogP) is 4.09. The van der Waals surface area contributed by atoms with Crippen LogP contribution in [0.3, 0.4) is 0 Å². The Morgan fingerprint density at radius 1 is 1.03 bits per heavy atom. The Kier molecular flexibility index (Phi) is 7.34. The topological polar surface area (TPSA) is 106 Å². The van der Waals surface area contributed by atoms with Crippen molar-refractivity contribution in [3.8, 4) is 28.4 Å². The molecular weight excluding hydrogens is 452 g/mol. The summed E-state index contributed by atoms with van der Waals surface area (Å²) in [6.07, 6.45) is 0. The quantitative estimate of drug-likeness (QED) is 0.374. The van der Waals surface area contributed by atoms with Crippen LogP contribution in [0.2, 0.25) is 5.02 Å². The summed E-state index contributed by atoms with van der Waals surface area (Å²) < 4.78 is 21.9. The molecule has 0 N–H and O–H groups in total.